The van der Waals surface area contributed by atoms with Gasteiger partial charge in [-0.25, -0.2) is 0 Å². The standard InChI is InChI=1S/C74H43BN2S2/c1-3-19-44(20-4-1)50-37-35-46-23-7-9-25-48(46)72(50)76-63-39-58-55-30-15-17-33-66(55)78-68(58)42-61(63)75-62-43-69-59(56-31-16-18-34-67(56)79-69)40-64(62)77(73-49-26-10-8-24-47(49)36-38-51(73)45-21-5-2-6-22-45)74-70-57-32-14-13-28-53(57)52-27-11-12-29-54(52)60(70)41-65(76)71(74)75/h1-43H. The number of hydrogen-bond acceptors (Lipinski definition) is 4. The lowest BCUT2D eigenvalue weighted by atomic mass is 9.33. The van der Waals surface area contributed by atoms with Crippen LogP contribution in [-0.4, -0.2) is 6.71 Å². The second kappa shape index (κ2) is 16.5. The van der Waals surface area contributed by atoms with Gasteiger partial charge in [-0.1, -0.05) is 218 Å². The third-order valence-corrected chi connectivity index (χ3v) is 19.6. The van der Waals surface area contributed by atoms with Gasteiger partial charge in [-0.05, 0) is 108 Å². The minimum absolute atomic E-state index is 0.147. The fourth-order valence-electron chi connectivity index (χ4n) is 14.0. The molecule has 2 aromatic heterocycles. The molecule has 79 heavy (non-hydrogen) atoms. The van der Waals surface area contributed by atoms with Gasteiger partial charge in [0, 0.05) is 84.7 Å². The summed E-state index contributed by atoms with van der Waals surface area (Å²) in [4.78, 5) is 5.47. The Morgan fingerprint density at radius 3 is 1.22 bits per heavy atom. The topological polar surface area (TPSA) is 6.48 Å². The minimum Gasteiger partial charge on any atom is -0.310 e. The van der Waals surface area contributed by atoms with E-state index in [1.165, 1.54) is 167 Å². The monoisotopic (exact) mass is 1030 g/mol. The summed E-state index contributed by atoms with van der Waals surface area (Å²) in [6.07, 6.45) is 0. The quantitative estimate of drug-likeness (QED) is 0.128. The molecule has 2 aliphatic rings. The Morgan fingerprint density at radius 2 is 0.671 bits per heavy atom. The molecule has 5 heteroatoms. The van der Waals surface area contributed by atoms with E-state index in [0.29, 0.717) is 0 Å². The predicted octanol–water partition coefficient (Wildman–Crippen LogP) is 19.6. The van der Waals surface area contributed by atoms with E-state index in [9.17, 15) is 0 Å². The molecule has 0 saturated heterocycles. The van der Waals surface area contributed by atoms with Gasteiger partial charge in [0.2, 0.25) is 0 Å². The number of anilines is 6. The summed E-state index contributed by atoms with van der Waals surface area (Å²) in [6, 6.07) is 98.9. The Kier molecular flexibility index (Phi) is 9.10. The lowest BCUT2D eigenvalue weighted by molar-refractivity contribution is 1.29. The fourth-order valence-corrected chi connectivity index (χ4v) is 16.3. The molecule has 18 rings (SSSR count). The van der Waals surface area contributed by atoms with Crippen LogP contribution in [0.5, 0.6) is 0 Å². The SMILES string of the molecule is c1ccc(-c2ccc3ccccc3c2N2c3cc4c(cc3B3c5cc6sc7ccccc7c6cc5N(c5c(-c6ccccc6)ccc6ccccc56)c5c3c2cc2c3ccccc3c3ccccc3c52)sc2ccccc24)cc1. The molecule has 0 saturated carbocycles. The average Bonchev–Trinajstić information content (AvgIpc) is 3.82. The van der Waals surface area contributed by atoms with E-state index < -0.39 is 0 Å². The first kappa shape index (κ1) is 43.6. The molecule has 4 heterocycles. The van der Waals surface area contributed by atoms with Gasteiger partial charge in [0.15, 0.2) is 0 Å². The number of rotatable bonds is 4. The molecule has 0 spiro atoms. The van der Waals surface area contributed by atoms with E-state index >= 15 is 0 Å². The Morgan fingerprint density at radius 1 is 0.266 bits per heavy atom. The zero-order valence-electron chi connectivity index (χ0n) is 42.6. The van der Waals surface area contributed by atoms with Crippen LogP contribution in [0.4, 0.5) is 34.1 Å². The van der Waals surface area contributed by atoms with Crippen molar-refractivity contribution < 1.29 is 0 Å². The van der Waals surface area contributed by atoms with Gasteiger partial charge in [0.1, 0.15) is 0 Å². The molecule has 0 radical (unpaired) electrons. The Bertz CT molecular complexity index is 5280. The van der Waals surface area contributed by atoms with Crippen molar-refractivity contribution in [1.29, 1.82) is 0 Å². The molecule has 14 aromatic carbocycles. The van der Waals surface area contributed by atoms with Crippen molar-refractivity contribution >= 4 is 174 Å². The summed E-state index contributed by atoms with van der Waals surface area (Å²) in [5.41, 5.74) is 15.9. The third-order valence-electron chi connectivity index (χ3n) is 17.3. The molecule has 0 aliphatic carbocycles. The summed E-state index contributed by atoms with van der Waals surface area (Å²) >= 11 is 3.83. The highest BCUT2D eigenvalue weighted by Gasteiger charge is 2.46. The number of benzene rings is 14. The normalized spacial score (nSPS) is 13.0. The number of fused-ring (bicyclic) bond motifs is 19. The van der Waals surface area contributed by atoms with E-state index in [-0.39, 0.29) is 6.71 Å². The van der Waals surface area contributed by atoms with Gasteiger partial charge < -0.3 is 9.80 Å². The lowest BCUT2D eigenvalue weighted by Gasteiger charge is -2.46. The number of nitrogens with zero attached hydrogens (tertiary/aromatic N) is 2. The van der Waals surface area contributed by atoms with Gasteiger partial charge in [0.05, 0.1) is 17.1 Å². The summed E-state index contributed by atoms with van der Waals surface area (Å²) in [7, 11) is 0. The van der Waals surface area contributed by atoms with Gasteiger partial charge >= 0.3 is 0 Å². The molecule has 364 valence electrons. The first-order valence-electron chi connectivity index (χ1n) is 27.3. The van der Waals surface area contributed by atoms with Crippen LogP contribution in [0.2, 0.25) is 0 Å². The van der Waals surface area contributed by atoms with Crippen LogP contribution in [0, 0.1) is 0 Å². The van der Waals surface area contributed by atoms with Gasteiger partial charge in [0.25, 0.3) is 6.71 Å². The Hall–Kier alpha value is -9.52. The Balaban J connectivity index is 1.12. The van der Waals surface area contributed by atoms with Crippen molar-refractivity contribution in [2.24, 2.45) is 0 Å². The van der Waals surface area contributed by atoms with Gasteiger partial charge in [-0.2, -0.15) is 0 Å². The maximum atomic E-state index is 2.76. The lowest BCUT2D eigenvalue weighted by Crippen LogP contribution is -2.61. The van der Waals surface area contributed by atoms with Crippen molar-refractivity contribution in [2.45, 2.75) is 0 Å². The van der Waals surface area contributed by atoms with Gasteiger partial charge in [-0.15, -0.1) is 22.7 Å². The highest BCUT2D eigenvalue weighted by Crippen LogP contribution is 2.56. The molecule has 2 nitrogen and oxygen atoms in total. The molecule has 0 bridgehead atoms. The largest absolute Gasteiger partial charge is 0.310 e. The molecule has 0 fully saturated rings. The van der Waals surface area contributed by atoms with Crippen molar-refractivity contribution in [2.75, 3.05) is 9.80 Å². The zero-order valence-corrected chi connectivity index (χ0v) is 44.2. The zero-order chi connectivity index (χ0) is 51.4. The van der Waals surface area contributed by atoms with Crippen LogP contribution < -0.4 is 26.2 Å². The van der Waals surface area contributed by atoms with E-state index in [2.05, 4.69) is 271 Å². The third kappa shape index (κ3) is 6.12. The summed E-state index contributed by atoms with van der Waals surface area (Å²) in [5, 5.41) is 17.5. The first-order chi connectivity index (χ1) is 39.2. The van der Waals surface area contributed by atoms with E-state index in [0.717, 1.165) is 0 Å². The maximum absolute atomic E-state index is 2.76. The number of hydrogen-bond donors (Lipinski definition) is 0. The first-order valence-corrected chi connectivity index (χ1v) is 28.9. The minimum atomic E-state index is -0.147. The average molecular weight is 1040 g/mol. The fraction of sp³-hybridized carbons (Fsp3) is 0. The van der Waals surface area contributed by atoms with Crippen LogP contribution in [-0.2, 0) is 0 Å². The molecule has 0 amide bonds. The van der Waals surface area contributed by atoms with Crippen molar-refractivity contribution in [3.8, 4) is 22.3 Å². The second-order valence-corrected chi connectivity index (χ2v) is 23.6. The van der Waals surface area contributed by atoms with Crippen molar-refractivity contribution in [3.63, 3.8) is 0 Å². The molecule has 0 N–H and O–H groups in total. The van der Waals surface area contributed by atoms with Crippen LogP contribution in [0.1, 0.15) is 0 Å². The number of thiophene rings is 2. The van der Waals surface area contributed by atoms with Crippen LogP contribution in [0.15, 0.2) is 261 Å². The van der Waals surface area contributed by atoms with E-state index in [4.69, 9.17) is 0 Å². The Labute approximate surface area is 464 Å². The molecule has 16 aromatic rings. The van der Waals surface area contributed by atoms with Crippen LogP contribution in [0.25, 0.3) is 116 Å². The van der Waals surface area contributed by atoms with E-state index in [1.54, 1.807) is 0 Å². The highest BCUT2D eigenvalue weighted by molar-refractivity contribution is 7.26. The highest BCUT2D eigenvalue weighted by atomic mass is 32.1. The van der Waals surface area contributed by atoms with Crippen molar-refractivity contribution in [1.82, 2.24) is 0 Å². The van der Waals surface area contributed by atoms with E-state index in [1.807, 2.05) is 22.7 Å². The smallest absolute Gasteiger partial charge is 0.252 e. The summed E-state index contributed by atoms with van der Waals surface area (Å²) in [6.45, 7) is -0.147. The molecule has 2 aliphatic heterocycles. The predicted molar refractivity (Wildman–Crippen MR) is 345 cm³/mol. The molecular formula is C74H43BN2S2. The summed E-state index contributed by atoms with van der Waals surface area (Å²) in [5.74, 6) is 0. The molecule has 0 unspecified atom stereocenters. The van der Waals surface area contributed by atoms with Crippen LogP contribution >= 0.6 is 22.7 Å². The molecular weight excluding hydrogens is 992 g/mol. The van der Waals surface area contributed by atoms with Crippen molar-refractivity contribution in [3.05, 3.63) is 261 Å². The maximum Gasteiger partial charge on any atom is 0.252 e. The summed E-state index contributed by atoms with van der Waals surface area (Å²) < 4.78 is 5.20. The molecule has 0 atom stereocenters. The van der Waals surface area contributed by atoms with Crippen LogP contribution in [0.3, 0.4) is 0 Å². The second-order valence-electron chi connectivity index (χ2n) is 21.4. The van der Waals surface area contributed by atoms with Gasteiger partial charge in [-0.3, -0.25) is 0 Å².